The lowest BCUT2D eigenvalue weighted by atomic mass is 9.50. The zero-order valence-corrected chi connectivity index (χ0v) is 49.0. The highest BCUT2D eigenvalue weighted by Gasteiger charge is 2.43. The van der Waals surface area contributed by atoms with Crippen LogP contribution in [0.1, 0.15) is 66.5 Å². The molecule has 10 heteroatoms. The van der Waals surface area contributed by atoms with Crippen molar-refractivity contribution in [1.29, 1.82) is 5.26 Å². The van der Waals surface area contributed by atoms with Crippen molar-refractivity contribution in [2.45, 2.75) is 66.2 Å². The first kappa shape index (κ1) is 54.9. The normalized spacial score (nSPS) is 14.5. The van der Waals surface area contributed by atoms with E-state index < -0.39 is 24.5 Å². The van der Waals surface area contributed by atoms with E-state index in [1.54, 1.807) is 0 Å². The van der Waals surface area contributed by atoms with Crippen LogP contribution in [0.5, 0.6) is 11.5 Å². The Bertz CT molecular complexity index is 4050. The minimum Gasteiger partial charge on any atom is -0.493 e. The minimum atomic E-state index is -0.724. The highest BCUT2D eigenvalue weighted by atomic mass is 16.5. The molecule has 410 valence electrons. The largest absolute Gasteiger partial charge is 0.493 e. The monoisotopic (exact) mass is 1090 g/mol. The first-order valence-corrected chi connectivity index (χ1v) is 29.2. The van der Waals surface area contributed by atoms with Crippen LogP contribution in [-0.4, -0.2) is 47.3 Å². The molecule has 2 aromatic heterocycles. The number of fused-ring (bicyclic) bond motifs is 3. The number of aliphatic imine (C=N–C) groups is 2. The number of nitriles is 1. The van der Waals surface area contributed by atoms with Gasteiger partial charge >= 0.3 is 13.7 Å². The molecular formula is C74H66B2N6O2. The Morgan fingerprint density at radius 3 is 1.26 bits per heavy atom. The fraction of sp³-hybridized carbons (Fsp3) is 0.189. The summed E-state index contributed by atoms with van der Waals surface area (Å²) < 4.78 is 18.2. The Balaban J connectivity index is 1.44. The summed E-state index contributed by atoms with van der Waals surface area (Å²) >= 11 is 0. The molecule has 84 heavy (non-hydrogen) atoms. The second-order valence-electron chi connectivity index (χ2n) is 23.9. The van der Waals surface area contributed by atoms with E-state index in [4.69, 9.17) is 24.3 Å². The zero-order valence-electron chi connectivity index (χ0n) is 49.0. The van der Waals surface area contributed by atoms with Crippen LogP contribution < -0.4 is 42.0 Å². The maximum absolute atomic E-state index is 12.7. The topological polar surface area (TPSA) is 81.2 Å². The molecule has 10 aromatic rings. The van der Waals surface area contributed by atoms with Gasteiger partial charge < -0.3 is 18.4 Å². The molecule has 0 N–H and O–H groups in total. The van der Waals surface area contributed by atoms with Gasteiger partial charge in [0.15, 0.2) is 0 Å². The van der Waals surface area contributed by atoms with Crippen LogP contribution in [0.25, 0.3) is 49.4 Å². The van der Waals surface area contributed by atoms with Gasteiger partial charge in [0.05, 0.1) is 53.5 Å². The number of ether oxygens (including phenoxy) is 2. The van der Waals surface area contributed by atoms with E-state index in [-0.39, 0.29) is 11.8 Å². The smallest absolute Gasteiger partial charge is 0.328 e. The maximum atomic E-state index is 12.7. The number of hydrogen-bond acceptors (Lipinski definition) is 5. The van der Waals surface area contributed by atoms with Gasteiger partial charge in [-0.15, -0.1) is 0 Å². The van der Waals surface area contributed by atoms with Gasteiger partial charge in [0.1, 0.15) is 17.6 Å². The molecule has 0 saturated carbocycles. The van der Waals surface area contributed by atoms with E-state index in [2.05, 4.69) is 252 Å². The summed E-state index contributed by atoms with van der Waals surface area (Å²) in [6, 6.07) is 78.6. The summed E-state index contributed by atoms with van der Waals surface area (Å²) in [5, 5.41) is 15.6. The molecule has 8 nitrogen and oxygen atoms in total. The highest BCUT2D eigenvalue weighted by Crippen LogP contribution is 2.46. The molecule has 12 rings (SSSR count). The summed E-state index contributed by atoms with van der Waals surface area (Å²) in [4.78, 5) is 15.9. The van der Waals surface area contributed by atoms with E-state index in [0.717, 1.165) is 77.6 Å². The number of hydrogen-bond donors (Lipinski definition) is 0. The molecule has 0 amide bonds. The lowest BCUT2D eigenvalue weighted by molar-refractivity contribution is 0.271. The van der Waals surface area contributed by atoms with Crippen molar-refractivity contribution in [3.63, 3.8) is 0 Å². The van der Waals surface area contributed by atoms with E-state index >= 15 is 0 Å². The van der Waals surface area contributed by atoms with Gasteiger partial charge in [-0.25, -0.2) is 4.85 Å². The van der Waals surface area contributed by atoms with Gasteiger partial charge in [0.2, 0.25) is 5.70 Å². The predicted molar refractivity (Wildman–Crippen MR) is 349 cm³/mol. The molecule has 0 atom stereocenters. The third kappa shape index (κ3) is 9.76. The Kier molecular flexibility index (Phi) is 14.8. The second kappa shape index (κ2) is 22.6. The van der Waals surface area contributed by atoms with E-state index in [1.807, 2.05) is 36.4 Å². The molecule has 0 bridgehead atoms. The summed E-state index contributed by atoms with van der Waals surface area (Å²) in [6.07, 6.45) is 0. The number of benzene rings is 8. The fourth-order valence-corrected chi connectivity index (χ4v) is 12.6. The Morgan fingerprint density at radius 1 is 0.500 bits per heavy atom. The van der Waals surface area contributed by atoms with E-state index in [0.29, 0.717) is 58.1 Å². The van der Waals surface area contributed by atoms with Crippen molar-refractivity contribution >= 4 is 80.4 Å². The van der Waals surface area contributed by atoms with Crippen LogP contribution in [-0.2, 0) is 10.8 Å². The van der Waals surface area contributed by atoms with E-state index in [1.165, 1.54) is 0 Å². The summed E-state index contributed by atoms with van der Waals surface area (Å²) in [5.41, 5.74) is 11.7. The van der Waals surface area contributed by atoms with Crippen LogP contribution in [0, 0.1) is 29.7 Å². The number of rotatable bonds is 16. The van der Waals surface area contributed by atoms with Crippen LogP contribution >= 0.6 is 0 Å². The van der Waals surface area contributed by atoms with Crippen molar-refractivity contribution in [2.75, 3.05) is 13.2 Å². The first-order chi connectivity index (χ1) is 40.8. The Labute approximate surface area is 494 Å². The molecule has 0 saturated heterocycles. The van der Waals surface area contributed by atoms with Crippen molar-refractivity contribution < 1.29 is 9.47 Å². The lowest BCUT2D eigenvalue weighted by Crippen LogP contribution is -2.54. The number of nitrogens with zero attached hydrogens (tertiary/aromatic N) is 6. The van der Waals surface area contributed by atoms with Crippen LogP contribution in [0.15, 0.2) is 228 Å². The summed E-state index contributed by atoms with van der Waals surface area (Å²) in [5.74, 6) is 1.93. The van der Waals surface area contributed by atoms with Gasteiger partial charge in [-0.3, -0.25) is 9.98 Å². The van der Waals surface area contributed by atoms with Crippen molar-refractivity contribution in [1.82, 2.24) is 8.96 Å². The number of para-hydroxylation sites is 2. The molecule has 0 unspecified atom stereocenters. The standard InChI is InChI=1S/C74H66B2N6O2/c1-49(2)47-83-57-38-26-28-51(44-57)67-64-65(70(66(78-9)72-74(7,8)61-41-23-25-43-63(61)80-72)82(67)76(55-34-18-12-19-35-55)56-36-20-13-21-37-56)68(52-29-27-39-58(45-52)84-48-50(3)4)81(75(53-30-14-10-15-31-53)54-32-16-11-17-33-54)69(64)59(46-77)71-73(5,6)60-40-22-24-42-62(60)79-71/h10-45,49-50H,47-48H2,1-8H3/b69-59-,70-66+. The molecule has 0 aliphatic carbocycles. The van der Waals surface area contributed by atoms with Crippen LogP contribution in [0.3, 0.4) is 0 Å². The number of aromatic nitrogens is 2. The highest BCUT2D eigenvalue weighted by molar-refractivity contribution is 6.85. The van der Waals surface area contributed by atoms with Crippen molar-refractivity contribution in [3.05, 3.63) is 252 Å². The third-order valence-corrected chi connectivity index (χ3v) is 16.5. The SMILES string of the molecule is [C-]#[N+]/C(C1=Nc2ccccc2C1(C)C)=c1\c2c(-c3cccc(OCC(C)C)c3)n(B(c3ccccc3)c3ccccc3)/c(=C(/C#N)C3=Nc4ccccc4C3(C)C)c2c(-c2cccc(OCC(C)C)c2)n1B(c1ccccc1)c1ccccc1. The van der Waals surface area contributed by atoms with Gasteiger partial charge in [-0.2, -0.15) is 5.26 Å². The zero-order chi connectivity index (χ0) is 58.3. The average Bonchev–Trinajstić information content (AvgIpc) is 1.54. The Morgan fingerprint density at radius 2 is 0.869 bits per heavy atom. The quantitative estimate of drug-likeness (QED) is 0.0714. The lowest BCUT2D eigenvalue weighted by Gasteiger charge is -2.26. The molecular weight excluding hydrogens is 1030 g/mol. The minimum absolute atomic E-state index is 0.260. The average molecular weight is 1090 g/mol. The van der Waals surface area contributed by atoms with Crippen molar-refractivity contribution in [2.24, 2.45) is 21.8 Å². The molecule has 0 radical (unpaired) electrons. The first-order valence-electron chi connectivity index (χ1n) is 29.2. The van der Waals surface area contributed by atoms with E-state index in [9.17, 15) is 11.8 Å². The Hall–Kier alpha value is -9.63. The van der Waals surface area contributed by atoms with Crippen LogP contribution in [0.4, 0.5) is 11.4 Å². The van der Waals surface area contributed by atoms with Gasteiger partial charge in [0.25, 0.3) is 0 Å². The van der Waals surface area contributed by atoms with Crippen molar-refractivity contribution in [3.8, 4) is 40.1 Å². The molecule has 2 aliphatic rings. The third-order valence-electron chi connectivity index (χ3n) is 16.5. The maximum Gasteiger partial charge on any atom is 0.328 e. The molecule has 4 heterocycles. The fourth-order valence-electron chi connectivity index (χ4n) is 12.6. The van der Waals surface area contributed by atoms with Gasteiger partial charge in [-0.05, 0) is 59.4 Å². The predicted octanol–water partition coefficient (Wildman–Crippen LogP) is 13.0. The van der Waals surface area contributed by atoms with Crippen LogP contribution in [0.2, 0.25) is 0 Å². The summed E-state index contributed by atoms with van der Waals surface area (Å²) in [6.45, 7) is 27.2. The molecule has 8 aromatic carbocycles. The van der Waals surface area contributed by atoms with Gasteiger partial charge in [0, 0.05) is 49.5 Å². The molecule has 2 aliphatic heterocycles. The second-order valence-corrected chi connectivity index (χ2v) is 23.9. The molecule has 0 spiro atoms. The van der Waals surface area contributed by atoms with Gasteiger partial charge in [-0.1, -0.05) is 259 Å². The molecule has 0 fully saturated rings. The summed E-state index contributed by atoms with van der Waals surface area (Å²) in [7, 11) is 0.